The van der Waals surface area contributed by atoms with Crippen molar-refractivity contribution in [1.82, 2.24) is 19.4 Å². The van der Waals surface area contributed by atoms with E-state index in [1.54, 1.807) is 11.3 Å². The zero-order valence-corrected chi connectivity index (χ0v) is 13.1. The number of imidazole rings is 1. The first-order chi connectivity index (χ1) is 10.2. The van der Waals surface area contributed by atoms with Gasteiger partial charge in [0.05, 0.1) is 12.1 Å². The van der Waals surface area contributed by atoms with E-state index >= 15 is 0 Å². The normalized spacial score (nSPS) is 16.9. The smallest absolute Gasteiger partial charge is 0.254 e. The Labute approximate surface area is 128 Å². The Balaban J connectivity index is 1.59. The molecule has 0 spiro atoms. The fourth-order valence-electron chi connectivity index (χ4n) is 2.65. The highest BCUT2D eigenvalue weighted by Gasteiger charge is 2.21. The number of amides is 1. The van der Waals surface area contributed by atoms with Crippen LogP contribution in [0.25, 0.3) is 0 Å². The van der Waals surface area contributed by atoms with Crippen molar-refractivity contribution in [2.24, 2.45) is 7.05 Å². The SMILES string of the molecule is Cn1ccnc1CN1CCCN(C(=O)c2ccsc2)CC1. The summed E-state index contributed by atoms with van der Waals surface area (Å²) in [5.74, 6) is 1.24. The second-order valence-electron chi connectivity index (χ2n) is 5.39. The van der Waals surface area contributed by atoms with E-state index in [2.05, 4.69) is 14.5 Å². The van der Waals surface area contributed by atoms with Gasteiger partial charge in [0.1, 0.15) is 5.82 Å². The van der Waals surface area contributed by atoms with E-state index < -0.39 is 0 Å². The third-order valence-corrected chi connectivity index (χ3v) is 4.61. The highest BCUT2D eigenvalue weighted by Crippen LogP contribution is 2.13. The van der Waals surface area contributed by atoms with Gasteiger partial charge in [-0.1, -0.05) is 0 Å². The Morgan fingerprint density at radius 2 is 2.24 bits per heavy atom. The van der Waals surface area contributed by atoms with E-state index in [1.165, 1.54) is 0 Å². The molecule has 2 aromatic heterocycles. The number of carbonyl (C=O) groups excluding carboxylic acids is 1. The van der Waals surface area contributed by atoms with Gasteiger partial charge < -0.3 is 9.47 Å². The largest absolute Gasteiger partial charge is 0.337 e. The summed E-state index contributed by atoms with van der Waals surface area (Å²) >= 11 is 1.57. The maximum Gasteiger partial charge on any atom is 0.254 e. The van der Waals surface area contributed by atoms with Crippen molar-refractivity contribution in [1.29, 1.82) is 0 Å². The average Bonchev–Trinajstić information content (AvgIpc) is 3.08. The minimum Gasteiger partial charge on any atom is -0.337 e. The molecule has 1 saturated heterocycles. The number of rotatable bonds is 3. The van der Waals surface area contributed by atoms with Crippen molar-refractivity contribution in [2.45, 2.75) is 13.0 Å². The number of hydrogen-bond donors (Lipinski definition) is 0. The van der Waals surface area contributed by atoms with Crippen molar-refractivity contribution in [3.8, 4) is 0 Å². The van der Waals surface area contributed by atoms with Crippen LogP contribution in [-0.2, 0) is 13.6 Å². The van der Waals surface area contributed by atoms with Gasteiger partial charge in [-0.2, -0.15) is 11.3 Å². The van der Waals surface area contributed by atoms with Crippen LogP contribution in [0.15, 0.2) is 29.2 Å². The molecule has 0 bridgehead atoms. The Kier molecular flexibility index (Phi) is 4.36. The average molecular weight is 304 g/mol. The van der Waals surface area contributed by atoms with Crippen LogP contribution in [0.4, 0.5) is 0 Å². The molecule has 0 aromatic carbocycles. The van der Waals surface area contributed by atoms with Crippen molar-refractivity contribution in [3.63, 3.8) is 0 Å². The third kappa shape index (κ3) is 3.33. The van der Waals surface area contributed by atoms with Gasteiger partial charge >= 0.3 is 0 Å². The van der Waals surface area contributed by atoms with Crippen LogP contribution >= 0.6 is 11.3 Å². The van der Waals surface area contributed by atoms with Crippen molar-refractivity contribution in [2.75, 3.05) is 26.2 Å². The summed E-state index contributed by atoms with van der Waals surface area (Å²) in [7, 11) is 2.02. The number of aryl methyl sites for hydroxylation is 1. The quantitative estimate of drug-likeness (QED) is 0.869. The number of nitrogens with zero attached hydrogens (tertiary/aromatic N) is 4. The fourth-order valence-corrected chi connectivity index (χ4v) is 3.28. The molecule has 0 atom stereocenters. The summed E-state index contributed by atoms with van der Waals surface area (Å²) in [6.45, 7) is 4.40. The van der Waals surface area contributed by atoms with Crippen molar-refractivity contribution in [3.05, 3.63) is 40.6 Å². The van der Waals surface area contributed by atoms with Crippen LogP contribution in [-0.4, -0.2) is 51.4 Å². The van der Waals surface area contributed by atoms with E-state index in [0.717, 1.165) is 50.5 Å². The highest BCUT2D eigenvalue weighted by atomic mass is 32.1. The molecule has 1 amide bonds. The van der Waals surface area contributed by atoms with E-state index in [4.69, 9.17) is 0 Å². The maximum absolute atomic E-state index is 12.4. The van der Waals surface area contributed by atoms with Gasteiger partial charge in [0.2, 0.25) is 0 Å². The summed E-state index contributed by atoms with van der Waals surface area (Å²) < 4.78 is 2.05. The maximum atomic E-state index is 12.4. The molecule has 1 fully saturated rings. The fraction of sp³-hybridized carbons (Fsp3) is 0.467. The summed E-state index contributed by atoms with van der Waals surface area (Å²) in [6, 6.07) is 1.91. The van der Waals surface area contributed by atoms with Gasteiger partial charge in [0, 0.05) is 51.0 Å². The van der Waals surface area contributed by atoms with E-state index in [-0.39, 0.29) is 5.91 Å². The Hall–Kier alpha value is -1.66. The monoisotopic (exact) mass is 304 g/mol. The summed E-state index contributed by atoms with van der Waals surface area (Å²) in [6.07, 6.45) is 4.82. The van der Waals surface area contributed by atoms with Crippen LogP contribution in [0, 0.1) is 0 Å². The molecule has 1 aliphatic heterocycles. The molecule has 5 nitrogen and oxygen atoms in total. The van der Waals surface area contributed by atoms with Gasteiger partial charge in [0.15, 0.2) is 0 Å². The lowest BCUT2D eigenvalue weighted by Gasteiger charge is -2.21. The molecule has 0 radical (unpaired) electrons. The molecular weight excluding hydrogens is 284 g/mol. The van der Waals surface area contributed by atoms with Crippen molar-refractivity contribution >= 4 is 17.2 Å². The molecule has 0 N–H and O–H groups in total. The summed E-state index contributed by atoms with van der Waals surface area (Å²) in [5, 5.41) is 3.89. The molecule has 0 saturated carbocycles. The molecule has 3 heterocycles. The van der Waals surface area contributed by atoms with Crippen LogP contribution in [0.1, 0.15) is 22.6 Å². The zero-order chi connectivity index (χ0) is 14.7. The number of thiophene rings is 1. The minimum absolute atomic E-state index is 0.162. The molecule has 21 heavy (non-hydrogen) atoms. The van der Waals surface area contributed by atoms with Crippen LogP contribution in [0.3, 0.4) is 0 Å². The molecule has 112 valence electrons. The summed E-state index contributed by atoms with van der Waals surface area (Å²) in [5.41, 5.74) is 0.817. The van der Waals surface area contributed by atoms with Gasteiger partial charge in [-0.25, -0.2) is 4.98 Å². The molecule has 0 unspecified atom stereocenters. The summed E-state index contributed by atoms with van der Waals surface area (Å²) in [4.78, 5) is 21.1. The lowest BCUT2D eigenvalue weighted by Crippen LogP contribution is -2.35. The van der Waals surface area contributed by atoms with Crippen LogP contribution in [0.5, 0.6) is 0 Å². The standard InChI is InChI=1S/C15H20N4OS/c1-17-7-4-16-14(17)11-18-5-2-6-19(9-8-18)15(20)13-3-10-21-12-13/h3-4,7,10,12H,2,5-6,8-9,11H2,1H3. The highest BCUT2D eigenvalue weighted by molar-refractivity contribution is 7.08. The number of hydrogen-bond acceptors (Lipinski definition) is 4. The first-order valence-corrected chi connectivity index (χ1v) is 8.18. The van der Waals surface area contributed by atoms with Gasteiger partial charge in [-0.3, -0.25) is 9.69 Å². The number of carbonyl (C=O) groups is 1. The van der Waals surface area contributed by atoms with Crippen LogP contribution < -0.4 is 0 Å². The lowest BCUT2D eigenvalue weighted by molar-refractivity contribution is 0.0761. The molecule has 6 heteroatoms. The first kappa shape index (κ1) is 14.3. The Morgan fingerprint density at radius 1 is 1.33 bits per heavy atom. The second-order valence-corrected chi connectivity index (χ2v) is 6.17. The number of aromatic nitrogens is 2. The van der Waals surface area contributed by atoms with Gasteiger partial charge in [-0.15, -0.1) is 0 Å². The Bertz CT molecular complexity index is 593. The molecule has 1 aliphatic rings. The predicted octanol–water partition coefficient (Wildman–Crippen LogP) is 1.83. The van der Waals surface area contributed by atoms with Gasteiger partial charge in [-0.05, 0) is 17.9 Å². The molecule has 3 rings (SSSR count). The van der Waals surface area contributed by atoms with Crippen molar-refractivity contribution < 1.29 is 4.79 Å². The molecular formula is C15H20N4OS. The van der Waals surface area contributed by atoms with E-state index in [9.17, 15) is 4.79 Å². The topological polar surface area (TPSA) is 41.4 Å². The predicted molar refractivity (Wildman–Crippen MR) is 83.3 cm³/mol. The van der Waals surface area contributed by atoms with Gasteiger partial charge in [0.25, 0.3) is 5.91 Å². The van der Waals surface area contributed by atoms with E-state index in [0.29, 0.717) is 0 Å². The lowest BCUT2D eigenvalue weighted by atomic mass is 10.3. The first-order valence-electron chi connectivity index (χ1n) is 7.24. The van der Waals surface area contributed by atoms with Crippen LogP contribution in [0.2, 0.25) is 0 Å². The molecule has 0 aliphatic carbocycles. The zero-order valence-electron chi connectivity index (χ0n) is 12.2. The minimum atomic E-state index is 0.162. The third-order valence-electron chi connectivity index (χ3n) is 3.93. The Morgan fingerprint density at radius 3 is 2.95 bits per heavy atom. The van der Waals surface area contributed by atoms with E-state index in [1.807, 2.05) is 41.2 Å². The second kappa shape index (κ2) is 6.41. The molecule has 2 aromatic rings.